The van der Waals surface area contributed by atoms with Crippen LogP contribution in [0.25, 0.3) is 0 Å². The maximum absolute atomic E-state index is 14.7. The molecule has 6 aliphatic rings. The van der Waals surface area contributed by atoms with E-state index in [1.807, 2.05) is 48.5 Å². The molecule has 2 saturated carbocycles. The first-order valence-electron chi connectivity index (χ1n) is 14.6. The van der Waals surface area contributed by atoms with Crippen LogP contribution in [0.15, 0.2) is 53.4 Å². The molecule has 7 atom stereocenters. The van der Waals surface area contributed by atoms with Crippen LogP contribution in [0.1, 0.15) is 46.9 Å². The molecule has 16 heteroatoms. The molecular weight excluding hydrogens is 670 g/mol. The lowest BCUT2D eigenvalue weighted by atomic mass is 9.59. The van der Waals surface area contributed by atoms with E-state index in [9.17, 15) is 44.0 Å². The highest BCUT2D eigenvalue weighted by atomic mass is 32.2. The second kappa shape index (κ2) is 10.1. The highest BCUT2D eigenvalue weighted by Crippen LogP contribution is 2.59. The van der Waals surface area contributed by atoms with Gasteiger partial charge < -0.3 is 9.47 Å². The zero-order chi connectivity index (χ0) is 33.3. The Morgan fingerprint density at radius 2 is 1.36 bits per heavy atom. The number of esters is 2. The molecule has 4 bridgehead atoms. The Morgan fingerprint density at radius 1 is 0.809 bits per heavy atom. The fraction of sp³-hybridized carbons (Fsp3) is 0.355. The van der Waals surface area contributed by atoms with Crippen molar-refractivity contribution in [1.29, 1.82) is 0 Å². The van der Waals surface area contributed by atoms with Crippen LogP contribution < -0.4 is 9.46 Å². The van der Waals surface area contributed by atoms with Crippen LogP contribution in [0.4, 0.5) is 17.6 Å². The third-order valence-corrected chi connectivity index (χ3v) is 13.3. The summed E-state index contributed by atoms with van der Waals surface area (Å²) in [5.41, 5.74) is 4.16. The van der Waals surface area contributed by atoms with E-state index in [2.05, 4.69) is 4.72 Å². The third kappa shape index (κ3) is 4.20. The van der Waals surface area contributed by atoms with Gasteiger partial charge in [-0.2, -0.15) is 17.2 Å². The molecule has 10 nitrogen and oxygen atoms in total. The monoisotopic (exact) mass is 693 g/mol. The molecule has 2 N–H and O–H groups in total. The summed E-state index contributed by atoms with van der Waals surface area (Å²) in [6.07, 6.45) is -0.690. The fourth-order valence-corrected chi connectivity index (χ4v) is 11.7. The molecule has 3 aromatic carbocycles. The Hall–Kier alpha value is -3.86. The minimum atomic E-state index is -5.77. The van der Waals surface area contributed by atoms with Crippen molar-refractivity contribution in [3.8, 4) is 5.75 Å². The number of hydrogen-bond donors (Lipinski definition) is 2. The van der Waals surface area contributed by atoms with Gasteiger partial charge in [0, 0.05) is 17.8 Å². The first-order chi connectivity index (χ1) is 22.2. The normalized spacial score (nSPS) is 32.1. The molecule has 9 rings (SSSR count). The Morgan fingerprint density at radius 3 is 1.91 bits per heavy atom. The Balaban J connectivity index is 1.10. The van der Waals surface area contributed by atoms with Crippen molar-refractivity contribution >= 4 is 32.1 Å². The van der Waals surface area contributed by atoms with Crippen molar-refractivity contribution in [2.24, 2.45) is 23.7 Å². The summed E-state index contributed by atoms with van der Waals surface area (Å²) in [6, 6.07) is 14.7. The summed E-state index contributed by atoms with van der Waals surface area (Å²) in [7, 11) is -10.0. The van der Waals surface area contributed by atoms with Crippen molar-refractivity contribution in [3.05, 3.63) is 94.1 Å². The number of hydrogen-bond acceptors (Lipinski definition) is 8. The van der Waals surface area contributed by atoms with E-state index < -0.39 is 107 Å². The Bertz CT molecular complexity index is 2070. The molecule has 0 aromatic heterocycles. The molecule has 3 aromatic rings. The molecule has 0 spiro atoms. The van der Waals surface area contributed by atoms with Gasteiger partial charge in [-0.25, -0.2) is 21.9 Å². The van der Waals surface area contributed by atoms with Gasteiger partial charge >= 0.3 is 22.1 Å². The molecule has 1 heterocycles. The van der Waals surface area contributed by atoms with Gasteiger partial charge in [0.1, 0.15) is 6.10 Å². The van der Waals surface area contributed by atoms with Crippen LogP contribution in [0.5, 0.6) is 5.75 Å². The van der Waals surface area contributed by atoms with E-state index in [4.69, 9.17) is 14.0 Å². The van der Waals surface area contributed by atoms with Crippen molar-refractivity contribution < 1.29 is 58.0 Å². The molecule has 7 unspecified atom stereocenters. The van der Waals surface area contributed by atoms with E-state index in [1.165, 1.54) is 0 Å². The summed E-state index contributed by atoms with van der Waals surface area (Å²) in [4.78, 5) is 25.0. The van der Waals surface area contributed by atoms with Crippen LogP contribution in [-0.4, -0.2) is 50.7 Å². The van der Waals surface area contributed by atoms with Crippen LogP contribution in [0, 0.1) is 46.9 Å². The number of rotatable bonds is 5. The first kappa shape index (κ1) is 30.5. The van der Waals surface area contributed by atoms with E-state index >= 15 is 0 Å². The largest absolute Gasteiger partial charge is 0.460 e. The van der Waals surface area contributed by atoms with Crippen molar-refractivity contribution in [2.45, 2.75) is 47.0 Å². The summed E-state index contributed by atoms with van der Waals surface area (Å²) >= 11 is 0. The van der Waals surface area contributed by atoms with Crippen molar-refractivity contribution in [2.75, 3.05) is 0 Å². The summed E-state index contributed by atoms with van der Waals surface area (Å²) in [5, 5.41) is -1.46. The van der Waals surface area contributed by atoms with Crippen LogP contribution in [0.3, 0.4) is 0 Å². The molecule has 1 aliphatic heterocycles. The first-order valence-corrected chi connectivity index (χ1v) is 17.6. The van der Waals surface area contributed by atoms with Crippen LogP contribution in [0.2, 0.25) is 0 Å². The van der Waals surface area contributed by atoms with Crippen LogP contribution in [-0.2, 0) is 34.5 Å². The smallest absolute Gasteiger partial charge is 0.316 e. The molecule has 246 valence electrons. The highest BCUT2D eigenvalue weighted by Gasteiger charge is 2.71. The number of benzene rings is 3. The van der Waals surface area contributed by atoms with E-state index in [0.29, 0.717) is 6.42 Å². The lowest BCUT2D eigenvalue weighted by molar-refractivity contribution is -0.163. The zero-order valence-corrected chi connectivity index (χ0v) is 25.4. The maximum atomic E-state index is 14.7. The standard InChI is InChI=1S/C31H23F4NO9S2/c32-21-23(34)29(47(41,42)43)24(35)22(33)27(21)45-31(38)20-16-10-18-25(36-46(39,40)28(18)20)26(16)44-30(37)17-9-15-11-5-1-3-7-13(11)19(17)14-8-4-2-6-12(14)15/h1-8,15-20,25-26,28,36H,9-10H2,(H,41,42,43). The molecule has 0 radical (unpaired) electrons. The summed E-state index contributed by atoms with van der Waals surface area (Å²) in [6.45, 7) is 0. The summed E-state index contributed by atoms with van der Waals surface area (Å²) in [5.74, 6) is -18.6. The molecule has 5 aliphatic carbocycles. The Labute approximate surface area is 264 Å². The predicted molar refractivity (Wildman–Crippen MR) is 151 cm³/mol. The van der Waals surface area contributed by atoms with Gasteiger partial charge in [0.15, 0.2) is 16.5 Å². The van der Waals surface area contributed by atoms with Crippen LogP contribution >= 0.6 is 0 Å². The maximum Gasteiger partial charge on any atom is 0.316 e. The number of carbonyl (C=O) groups excluding carboxylic acids is 2. The SMILES string of the molecule is O=C(OC1C2CC3C1NS(=O)(=O)C3C2C(=O)Oc1c(F)c(F)c(S(=O)(=O)O)c(F)c1F)C1CC2c3ccccc3C1c1ccccc12. The lowest BCUT2D eigenvalue weighted by Crippen LogP contribution is -2.49. The number of ether oxygens (including phenoxy) is 2. The average molecular weight is 694 g/mol. The van der Waals surface area contributed by atoms with Crippen molar-refractivity contribution in [1.82, 2.24) is 4.72 Å². The van der Waals surface area contributed by atoms with Gasteiger partial charge in [-0.1, -0.05) is 48.5 Å². The van der Waals surface area contributed by atoms with Gasteiger partial charge in [-0.3, -0.25) is 14.1 Å². The fourth-order valence-electron chi connectivity index (χ4n) is 8.79. The minimum Gasteiger partial charge on any atom is -0.460 e. The molecule has 47 heavy (non-hydrogen) atoms. The lowest BCUT2D eigenvalue weighted by Gasteiger charge is -2.45. The second-order valence-electron chi connectivity index (χ2n) is 12.6. The van der Waals surface area contributed by atoms with Gasteiger partial charge in [0.25, 0.3) is 0 Å². The number of carbonyl (C=O) groups is 2. The van der Waals surface area contributed by atoms with E-state index in [-0.39, 0.29) is 18.3 Å². The van der Waals surface area contributed by atoms with E-state index in [1.54, 1.807) is 0 Å². The Kier molecular flexibility index (Phi) is 6.53. The predicted octanol–water partition coefficient (Wildman–Crippen LogP) is 3.54. The molecule has 0 amide bonds. The van der Waals surface area contributed by atoms with E-state index in [0.717, 1.165) is 22.3 Å². The van der Waals surface area contributed by atoms with Gasteiger partial charge in [-0.15, -0.1) is 0 Å². The van der Waals surface area contributed by atoms with Crippen molar-refractivity contribution in [3.63, 3.8) is 0 Å². The quantitative estimate of drug-likeness (QED) is 0.134. The number of sulfonamides is 1. The number of nitrogens with one attached hydrogen (secondary N) is 1. The molecule has 1 saturated heterocycles. The second-order valence-corrected chi connectivity index (χ2v) is 15.8. The number of fused-ring (bicyclic) bond motifs is 2. The average Bonchev–Trinajstić information content (AvgIpc) is 3.64. The summed E-state index contributed by atoms with van der Waals surface area (Å²) < 4.78 is 129. The minimum absolute atomic E-state index is 0.0526. The van der Waals surface area contributed by atoms with Gasteiger partial charge in [0.2, 0.25) is 27.4 Å². The zero-order valence-electron chi connectivity index (χ0n) is 23.8. The highest BCUT2D eigenvalue weighted by molar-refractivity contribution is 7.90. The van der Waals surface area contributed by atoms with Gasteiger partial charge in [0.05, 0.1) is 23.1 Å². The molecular formula is C31H23F4NO9S2. The topological polar surface area (TPSA) is 153 Å². The molecule has 3 fully saturated rings. The van der Waals surface area contributed by atoms with Gasteiger partial charge in [-0.05, 0) is 41.0 Å². The number of halogens is 4. The third-order valence-electron chi connectivity index (χ3n) is 10.5.